The molecule has 0 aromatic carbocycles. The number of imidazole rings is 1. The molecule has 0 saturated heterocycles. The lowest BCUT2D eigenvalue weighted by Gasteiger charge is -1.97. The molecule has 0 unspecified atom stereocenters. The fourth-order valence-electron chi connectivity index (χ4n) is 1.33. The lowest BCUT2D eigenvalue weighted by atomic mass is 10.5. The van der Waals surface area contributed by atoms with Crippen molar-refractivity contribution in [1.82, 2.24) is 9.38 Å². The van der Waals surface area contributed by atoms with Crippen LogP contribution in [0.5, 0.6) is 0 Å². The molecule has 5 heteroatoms. The first kappa shape index (κ1) is 9.12. The van der Waals surface area contributed by atoms with Gasteiger partial charge in [-0.05, 0) is 35.0 Å². The molecule has 0 amide bonds. The number of aryl methyl sites for hydroxylation is 1. The van der Waals surface area contributed by atoms with Crippen molar-refractivity contribution in [2.24, 2.45) is 4.99 Å². The maximum Gasteiger partial charge on any atom is 0.242 e. The predicted octanol–water partition coefficient (Wildman–Crippen LogP) is 2.37. The van der Waals surface area contributed by atoms with Crippen LogP contribution in [0.1, 0.15) is 5.69 Å². The molecule has 2 aromatic rings. The van der Waals surface area contributed by atoms with Gasteiger partial charge in [0.05, 0.1) is 10.3 Å². The number of isocyanates is 1. The van der Waals surface area contributed by atoms with Crippen molar-refractivity contribution in [3.63, 3.8) is 0 Å². The smallest absolute Gasteiger partial charge is 0.242 e. The van der Waals surface area contributed by atoms with Crippen molar-refractivity contribution in [2.45, 2.75) is 6.92 Å². The van der Waals surface area contributed by atoms with Crippen molar-refractivity contribution < 1.29 is 4.79 Å². The highest BCUT2D eigenvalue weighted by Crippen LogP contribution is 2.24. The molecule has 2 aromatic heterocycles. The average Bonchev–Trinajstić information content (AvgIpc) is 2.45. The highest BCUT2D eigenvalue weighted by molar-refractivity contribution is 9.10. The monoisotopic (exact) mass is 251 g/mol. The molecule has 0 saturated carbocycles. The van der Waals surface area contributed by atoms with Gasteiger partial charge in [0, 0.05) is 0 Å². The van der Waals surface area contributed by atoms with Crippen molar-refractivity contribution in [3.8, 4) is 0 Å². The second kappa shape index (κ2) is 3.36. The van der Waals surface area contributed by atoms with Crippen LogP contribution >= 0.6 is 15.9 Å². The normalized spacial score (nSPS) is 10.1. The number of hydrogen-bond acceptors (Lipinski definition) is 3. The molecule has 4 nitrogen and oxygen atoms in total. The summed E-state index contributed by atoms with van der Waals surface area (Å²) in [7, 11) is 0. The Bertz CT molecular complexity index is 540. The van der Waals surface area contributed by atoms with Crippen LogP contribution in [0.3, 0.4) is 0 Å². The number of pyridine rings is 1. The van der Waals surface area contributed by atoms with E-state index >= 15 is 0 Å². The van der Waals surface area contributed by atoms with Crippen LogP contribution in [0, 0.1) is 6.92 Å². The van der Waals surface area contributed by atoms with Crippen LogP contribution in [0.25, 0.3) is 5.65 Å². The van der Waals surface area contributed by atoms with Gasteiger partial charge < -0.3 is 0 Å². The van der Waals surface area contributed by atoms with Gasteiger partial charge in [0.1, 0.15) is 5.65 Å². The summed E-state index contributed by atoms with van der Waals surface area (Å²) in [5.41, 5.74) is 1.46. The Kier molecular flexibility index (Phi) is 2.19. The Morgan fingerprint density at radius 2 is 2.36 bits per heavy atom. The van der Waals surface area contributed by atoms with Gasteiger partial charge in [0.2, 0.25) is 6.08 Å². The lowest BCUT2D eigenvalue weighted by molar-refractivity contribution is 0.565. The molecule has 0 aliphatic heterocycles. The van der Waals surface area contributed by atoms with E-state index in [1.54, 1.807) is 11.3 Å². The molecular formula is C9H6BrN3O. The Morgan fingerprint density at radius 3 is 3.07 bits per heavy atom. The summed E-state index contributed by atoms with van der Waals surface area (Å²) in [6.07, 6.45) is 1.52. The minimum absolute atomic E-state index is 0.516. The van der Waals surface area contributed by atoms with Gasteiger partial charge >= 0.3 is 0 Å². The van der Waals surface area contributed by atoms with E-state index in [0.29, 0.717) is 11.5 Å². The second-order valence-electron chi connectivity index (χ2n) is 2.77. The van der Waals surface area contributed by atoms with Gasteiger partial charge in [-0.3, -0.25) is 4.40 Å². The number of hydrogen-bond donors (Lipinski definition) is 0. The molecule has 0 bridgehead atoms. The number of rotatable bonds is 1. The quantitative estimate of drug-likeness (QED) is 0.444. The SMILES string of the molecule is Cc1nc2cccc(Br)n2c1N=C=O. The molecule has 2 rings (SSSR count). The molecule has 0 atom stereocenters. The standard InChI is InChI=1S/C9H6BrN3O/c1-6-9(11-5-14)13-7(10)3-2-4-8(13)12-6/h2-4H,1H3. The highest BCUT2D eigenvalue weighted by Gasteiger charge is 2.09. The van der Waals surface area contributed by atoms with Gasteiger partial charge in [-0.15, -0.1) is 4.99 Å². The summed E-state index contributed by atoms with van der Waals surface area (Å²) in [5, 5.41) is 0. The molecular weight excluding hydrogens is 246 g/mol. The maximum absolute atomic E-state index is 10.2. The van der Waals surface area contributed by atoms with E-state index in [9.17, 15) is 4.79 Å². The minimum Gasteiger partial charge on any atom is -0.270 e. The van der Waals surface area contributed by atoms with Gasteiger partial charge in [-0.25, -0.2) is 9.78 Å². The third-order valence-electron chi connectivity index (χ3n) is 1.89. The Morgan fingerprint density at radius 1 is 1.57 bits per heavy atom. The van der Waals surface area contributed by atoms with Crippen LogP contribution < -0.4 is 0 Å². The van der Waals surface area contributed by atoms with Crippen LogP contribution in [-0.4, -0.2) is 15.5 Å². The van der Waals surface area contributed by atoms with Crippen LogP contribution in [0.2, 0.25) is 0 Å². The van der Waals surface area contributed by atoms with E-state index in [4.69, 9.17) is 0 Å². The third-order valence-corrected chi connectivity index (χ3v) is 2.51. The summed E-state index contributed by atoms with van der Waals surface area (Å²) in [6, 6.07) is 5.58. The van der Waals surface area contributed by atoms with Crippen LogP contribution in [0.4, 0.5) is 5.82 Å². The number of aliphatic imine (C=N–C) groups is 1. The topological polar surface area (TPSA) is 46.7 Å². The number of nitrogens with zero attached hydrogens (tertiary/aromatic N) is 3. The van der Waals surface area contributed by atoms with Crippen LogP contribution in [-0.2, 0) is 4.79 Å². The van der Waals surface area contributed by atoms with E-state index < -0.39 is 0 Å². The molecule has 0 N–H and O–H groups in total. The predicted molar refractivity (Wildman–Crippen MR) is 55.4 cm³/mol. The lowest BCUT2D eigenvalue weighted by Crippen LogP contribution is -1.85. The Balaban J connectivity index is 2.92. The van der Waals surface area contributed by atoms with E-state index in [-0.39, 0.29) is 0 Å². The first-order valence-corrected chi connectivity index (χ1v) is 4.75. The van der Waals surface area contributed by atoms with E-state index in [1.165, 1.54) is 6.08 Å². The van der Waals surface area contributed by atoms with E-state index in [2.05, 4.69) is 25.9 Å². The average molecular weight is 252 g/mol. The van der Waals surface area contributed by atoms with E-state index in [0.717, 1.165) is 10.3 Å². The van der Waals surface area contributed by atoms with Gasteiger partial charge in [0.25, 0.3) is 0 Å². The number of carbonyl (C=O) groups excluding carboxylic acids is 1. The maximum atomic E-state index is 10.2. The zero-order valence-electron chi connectivity index (χ0n) is 7.36. The van der Waals surface area contributed by atoms with Crippen LogP contribution in [0.15, 0.2) is 27.8 Å². The van der Waals surface area contributed by atoms with Crippen molar-refractivity contribution >= 4 is 33.5 Å². The molecule has 0 fully saturated rings. The first-order valence-electron chi connectivity index (χ1n) is 3.95. The molecule has 70 valence electrons. The Hall–Kier alpha value is -1.45. The molecule has 14 heavy (non-hydrogen) atoms. The first-order chi connectivity index (χ1) is 6.74. The van der Waals surface area contributed by atoms with Gasteiger partial charge in [0.15, 0.2) is 5.82 Å². The third kappa shape index (κ3) is 1.27. The summed E-state index contributed by atoms with van der Waals surface area (Å²) >= 11 is 3.36. The minimum atomic E-state index is 0.516. The Labute approximate surface area is 88.4 Å². The van der Waals surface area contributed by atoms with Crippen molar-refractivity contribution in [3.05, 3.63) is 28.5 Å². The molecule has 0 spiro atoms. The van der Waals surface area contributed by atoms with Crippen molar-refractivity contribution in [2.75, 3.05) is 0 Å². The molecule has 0 radical (unpaired) electrons. The molecule has 0 aliphatic rings. The number of fused-ring (bicyclic) bond motifs is 1. The van der Waals surface area contributed by atoms with Crippen molar-refractivity contribution in [1.29, 1.82) is 0 Å². The van der Waals surface area contributed by atoms with Gasteiger partial charge in [-0.1, -0.05) is 6.07 Å². The zero-order chi connectivity index (χ0) is 10.1. The number of aromatic nitrogens is 2. The largest absolute Gasteiger partial charge is 0.270 e. The summed E-state index contributed by atoms with van der Waals surface area (Å²) in [5.74, 6) is 0.516. The zero-order valence-corrected chi connectivity index (χ0v) is 8.95. The fourth-order valence-corrected chi connectivity index (χ4v) is 1.83. The number of halogens is 1. The highest BCUT2D eigenvalue weighted by atomic mass is 79.9. The second-order valence-corrected chi connectivity index (χ2v) is 3.58. The summed E-state index contributed by atoms with van der Waals surface area (Å²) in [4.78, 5) is 18.1. The van der Waals surface area contributed by atoms with E-state index in [1.807, 2.05) is 18.2 Å². The van der Waals surface area contributed by atoms with Gasteiger partial charge in [-0.2, -0.15) is 0 Å². The summed E-state index contributed by atoms with van der Waals surface area (Å²) in [6.45, 7) is 1.80. The molecule has 2 heterocycles. The summed E-state index contributed by atoms with van der Waals surface area (Å²) < 4.78 is 2.56. The molecule has 0 aliphatic carbocycles. The fraction of sp³-hybridized carbons (Fsp3) is 0.111.